The van der Waals surface area contributed by atoms with Gasteiger partial charge in [-0.2, -0.15) is 0 Å². The van der Waals surface area contributed by atoms with E-state index in [0.717, 1.165) is 0 Å². The fourth-order valence-electron chi connectivity index (χ4n) is 1.68. The van der Waals surface area contributed by atoms with Gasteiger partial charge in [-0.05, 0) is 18.5 Å². The summed E-state index contributed by atoms with van der Waals surface area (Å²) < 4.78 is 70.0. The number of amides is 4. The monoisotopic (exact) mass is 267 g/mol. The molecule has 4 amide bonds. The van der Waals surface area contributed by atoms with E-state index in [2.05, 4.69) is 0 Å². The zero-order valence-electron chi connectivity index (χ0n) is 18.1. The minimum Gasteiger partial charge on any atom is -0.295 e. The standard InChI is InChI=1S/C13H10N2O4/c16-10-6-5-9(11(17)14-10)15-12(18)7-3-1-2-4-8(7)13(15)19/h1-4,9H,5-6H2,(H,14,16,17)/t9-/m0/s1/i1D,2D,3D,4D,5D2,6D2,9D. The molecule has 0 spiro atoms. The van der Waals surface area contributed by atoms with Crippen molar-refractivity contribution in [3.63, 3.8) is 0 Å². The van der Waals surface area contributed by atoms with E-state index in [4.69, 9.17) is 12.3 Å². The summed E-state index contributed by atoms with van der Waals surface area (Å²) in [6.07, 6.45) is -7.20. The molecule has 1 aromatic carbocycles. The molecule has 1 N–H and O–H groups in total. The molecule has 3 rings (SSSR count). The van der Waals surface area contributed by atoms with E-state index in [-0.39, 0.29) is 4.90 Å². The molecular formula is C13H10N2O4. The molecule has 0 saturated carbocycles. The molecule has 1 saturated heterocycles. The highest BCUT2D eigenvalue weighted by Gasteiger charge is 2.44. The summed E-state index contributed by atoms with van der Waals surface area (Å²) in [7, 11) is 0. The maximum absolute atomic E-state index is 12.8. The maximum Gasteiger partial charge on any atom is 0.262 e. The average molecular weight is 267 g/mol. The first-order valence-corrected chi connectivity index (χ1v) is 4.99. The number of piperidine rings is 1. The molecule has 19 heavy (non-hydrogen) atoms. The lowest BCUT2D eigenvalue weighted by molar-refractivity contribution is -0.136. The van der Waals surface area contributed by atoms with Crippen LogP contribution < -0.4 is 5.32 Å². The van der Waals surface area contributed by atoms with Gasteiger partial charge < -0.3 is 0 Å². The molecule has 0 bridgehead atoms. The van der Waals surface area contributed by atoms with Crippen molar-refractivity contribution in [1.29, 1.82) is 0 Å². The van der Waals surface area contributed by atoms with Crippen LogP contribution >= 0.6 is 0 Å². The summed E-state index contributed by atoms with van der Waals surface area (Å²) in [6, 6.07) is -7.20. The van der Waals surface area contributed by atoms with Crippen molar-refractivity contribution in [3.05, 3.63) is 35.3 Å². The molecular weight excluding hydrogens is 248 g/mol. The van der Waals surface area contributed by atoms with Crippen molar-refractivity contribution < 1.29 is 31.5 Å². The Balaban J connectivity index is 2.31. The number of carbonyl (C=O) groups excluding carboxylic acids is 4. The van der Waals surface area contributed by atoms with Gasteiger partial charge in [0.1, 0.15) is 6.02 Å². The summed E-state index contributed by atoms with van der Waals surface area (Å²) in [5.74, 6) is -6.65. The third-order valence-corrected chi connectivity index (χ3v) is 2.48. The summed E-state index contributed by atoms with van der Waals surface area (Å²) in [4.78, 5) is 49.3. The topological polar surface area (TPSA) is 83.6 Å². The first-order valence-electron chi connectivity index (χ1n) is 9.49. The van der Waals surface area contributed by atoms with E-state index < -0.39 is 77.7 Å². The lowest BCUT2D eigenvalue weighted by Crippen LogP contribution is -2.54. The predicted octanol–water partition coefficient (Wildman–Crippen LogP) is 0.0878. The maximum atomic E-state index is 12.8. The number of hydrogen-bond donors (Lipinski definition) is 1. The molecule has 6 heteroatoms. The lowest BCUT2D eigenvalue weighted by Gasteiger charge is -2.27. The van der Waals surface area contributed by atoms with E-state index in [1.54, 1.807) is 0 Å². The quantitative estimate of drug-likeness (QED) is 0.731. The van der Waals surface area contributed by atoms with Gasteiger partial charge in [0, 0.05) is 11.9 Å². The zero-order chi connectivity index (χ0) is 21.6. The molecule has 0 aliphatic carbocycles. The van der Waals surface area contributed by atoms with E-state index in [0.29, 0.717) is 0 Å². The Morgan fingerprint density at radius 2 is 1.79 bits per heavy atom. The van der Waals surface area contributed by atoms with Crippen LogP contribution in [0.2, 0.25) is 0 Å². The Hall–Kier alpha value is -2.50. The number of rotatable bonds is 1. The molecule has 96 valence electrons. The summed E-state index contributed by atoms with van der Waals surface area (Å²) in [6.45, 7) is 0. The highest BCUT2D eigenvalue weighted by Crippen LogP contribution is 2.26. The van der Waals surface area contributed by atoms with Gasteiger partial charge in [-0.25, -0.2) is 0 Å². The third kappa shape index (κ3) is 1.64. The number of carbonyl (C=O) groups is 4. The Labute approximate surface area is 121 Å². The number of nitrogens with one attached hydrogen (secondary N) is 1. The van der Waals surface area contributed by atoms with Gasteiger partial charge in [0.15, 0.2) is 0 Å². The van der Waals surface area contributed by atoms with Gasteiger partial charge in [-0.1, -0.05) is 12.1 Å². The molecule has 0 radical (unpaired) electrons. The molecule has 1 aromatic rings. The van der Waals surface area contributed by atoms with Crippen LogP contribution in [-0.2, 0) is 9.59 Å². The van der Waals surface area contributed by atoms with Gasteiger partial charge in [0.05, 0.1) is 18.0 Å². The van der Waals surface area contributed by atoms with E-state index in [9.17, 15) is 19.2 Å². The largest absolute Gasteiger partial charge is 0.295 e. The number of nitrogens with zero attached hydrogens (tertiary/aromatic N) is 1. The zero-order valence-corrected chi connectivity index (χ0v) is 9.08. The van der Waals surface area contributed by atoms with Crippen LogP contribution in [0.25, 0.3) is 0 Å². The Morgan fingerprint density at radius 3 is 2.37 bits per heavy atom. The summed E-state index contributed by atoms with van der Waals surface area (Å²) in [5.41, 5.74) is -1.74. The van der Waals surface area contributed by atoms with Crippen molar-refractivity contribution in [2.75, 3.05) is 0 Å². The number of hydrogen-bond acceptors (Lipinski definition) is 4. The second kappa shape index (κ2) is 4.01. The van der Waals surface area contributed by atoms with Crippen LogP contribution in [0.3, 0.4) is 0 Å². The van der Waals surface area contributed by atoms with Gasteiger partial charge in [0.2, 0.25) is 11.8 Å². The molecule has 0 aromatic heterocycles. The van der Waals surface area contributed by atoms with E-state index >= 15 is 0 Å². The summed E-state index contributed by atoms with van der Waals surface area (Å²) in [5, 5.41) is 1.42. The van der Waals surface area contributed by atoms with Gasteiger partial charge in [-0.15, -0.1) is 0 Å². The van der Waals surface area contributed by atoms with Crippen LogP contribution in [0, 0.1) is 0 Å². The first-order chi connectivity index (χ1) is 12.6. The van der Waals surface area contributed by atoms with Crippen molar-refractivity contribution in [3.8, 4) is 0 Å². The number of benzene rings is 1. The fraction of sp³-hybridized carbons (Fsp3) is 0.231. The van der Waals surface area contributed by atoms with Gasteiger partial charge in [-0.3, -0.25) is 29.4 Å². The first kappa shape index (κ1) is 5.24. The van der Waals surface area contributed by atoms with E-state index in [1.807, 2.05) is 0 Å². The Bertz CT molecular complexity index is 961. The normalized spacial score (nSPS) is 38.5. The van der Waals surface area contributed by atoms with Crippen LogP contribution in [-0.4, -0.2) is 34.5 Å². The Kier molecular flexibility index (Phi) is 1.11. The molecule has 1 fully saturated rings. The molecule has 2 aliphatic rings. The minimum absolute atomic E-state index is 0.272. The van der Waals surface area contributed by atoms with Gasteiger partial charge >= 0.3 is 0 Å². The SMILES string of the molecule is [2H]c1c([2H])c([2H])c2c(c1[2H])C(=O)N([C@]1([2H])C(=O)NC(=O)C([2H])([2H])C1([2H])[2H])C2=O. The van der Waals surface area contributed by atoms with Gasteiger partial charge in [0.25, 0.3) is 11.8 Å². The summed E-state index contributed by atoms with van der Waals surface area (Å²) >= 11 is 0. The number of imide groups is 2. The lowest BCUT2D eigenvalue weighted by atomic mass is 10.0. The van der Waals surface area contributed by atoms with Crippen molar-refractivity contribution >= 4 is 23.6 Å². The molecule has 1 atom stereocenters. The molecule has 2 aliphatic heterocycles. The van der Waals surface area contributed by atoms with Crippen molar-refractivity contribution in [2.45, 2.75) is 18.8 Å². The fourth-order valence-corrected chi connectivity index (χ4v) is 1.68. The smallest absolute Gasteiger partial charge is 0.262 e. The molecule has 0 unspecified atom stereocenters. The van der Waals surface area contributed by atoms with E-state index in [1.165, 1.54) is 5.32 Å². The highest BCUT2D eigenvalue weighted by atomic mass is 16.2. The van der Waals surface area contributed by atoms with Crippen molar-refractivity contribution in [1.82, 2.24) is 10.2 Å². The third-order valence-electron chi connectivity index (χ3n) is 2.48. The van der Waals surface area contributed by atoms with Crippen molar-refractivity contribution in [2.24, 2.45) is 0 Å². The second-order valence-electron chi connectivity index (χ2n) is 3.58. The van der Waals surface area contributed by atoms with Crippen LogP contribution in [0.5, 0.6) is 0 Å². The highest BCUT2D eigenvalue weighted by molar-refractivity contribution is 6.23. The minimum atomic E-state index is -3.70. The van der Waals surface area contributed by atoms with Crippen LogP contribution in [0.1, 0.15) is 45.8 Å². The Morgan fingerprint density at radius 1 is 1.21 bits per heavy atom. The van der Waals surface area contributed by atoms with Crippen LogP contribution in [0.4, 0.5) is 0 Å². The molecule has 6 nitrogen and oxygen atoms in total. The second-order valence-corrected chi connectivity index (χ2v) is 3.58. The average Bonchev–Trinajstić information content (AvgIpc) is 2.86. The van der Waals surface area contributed by atoms with Crippen LogP contribution in [0.15, 0.2) is 24.2 Å². The predicted molar refractivity (Wildman–Crippen MR) is 63.1 cm³/mol. The number of fused-ring (bicyclic) bond motifs is 1. The molecule has 2 heterocycles.